The molecule has 1 aliphatic heterocycles. The lowest BCUT2D eigenvalue weighted by molar-refractivity contribution is -0.123. The summed E-state index contributed by atoms with van der Waals surface area (Å²) in [5.74, 6) is -0.421. The highest BCUT2D eigenvalue weighted by molar-refractivity contribution is 6.14. The van der Waals surface area contributed by atoms with Crippen molar-refractivity contribution in [3.63, 3.8) is 0 Å². The number of amidine groups is 1. The van der Waals surface area contributed by atoms with Crippen LogP contribution in [0.4, 0.5) is 8.78 Å². The maximum Gasteiger partial charge on any atom is 0.387 e. The van der Waals surface area contributed by atoms with Gasteiger partial charge in [-0.1, -0.05) is 30.3 Å². The third kappa shape index (κ3) is 3.38. The SMILES string of the molecule is COCc1cccc(C2(c3ccc(OC(F)F)c(C)c3)N=C(N)C(C)C2=O)c1. The fourth-order valence-corrected chi connectivity index (χ4v) is 3.53. The molecule has 7 heteroatoms. The second-order valence-electron chi connectivity index (χ2n) is 6.83. The highest BCUT2D eigenvalue weighted by atomic mass is 19.3. The van der Waals surface area contributed by atoms with Crippen molar-refractivity contribution in [1.29, 1.82) is 0 Å². The Morgan fingerprint density at radius 1 is 1.21 bits per heavy atom. The number of carbonyl (C=O) groups excluding carboxylic acids is 1. The first-order valence-electron chi connectivity index (χ1n) is 8.83. The molecule has 1 heterocycles. The van der Waals surface area contributed by atoms with Gasteiger partial charge in [0.2, 0.25) is 0 Å². The van der Waals surface area contributed by atoms with Gasteiger partial charge in [0, 0.05) is 7.11 Å². The number of hydrogen-bond acceptors (Lipinski definition) is 5. The third-order valence-corrected chi connectivity index (χ3v) is 4.95. The van der Waals surface area contributed by atoms with Crippen LogP contribution in [0.1, 0.15) is 29.2 Å². The molecule has 148 valence electrons. The first kappa shape index (κ1) is 19.9. The molecule has 2 N–H and O–H groups in total. The molecule has 0 aromatic heterocycles. The second-order valence-corrected chi connectivity index (χ2v) is 6.83. The Morgan fingerprint density at radius 3 is 2.50 bits per heavy atom. The fraction of sp³-hybridized carbons (Fsp3) is 0.333. The van der Waals surface area contributed by atoms with E-state index in [1.54, 1.807) is 33.1 Å². The molecule has 0 saturated carbocycles. The Labute approximate surface area is 162 Å². The molecule has 0 fully saturated rings. The van der Waals surface area contributed by atoms with Gasteiger partial charge in [0.15, 0.2) is 11.3 Å². The van der Waals surface area contributed by atoms with E-state index in [2.05, 4.69) is 9.73 Å². The number of methoxy groups -OCH3 is 1. The lowest BCUT2D eigenvalue weighted by atomic mass is 9.77. The lowest BCUT2D eigenvalue weighted by Crippen LogP contribution is -2.35. The van der Waals surface area contributed by atoms with E-state index in [0.29, 0.717) is 23.3 Å². The summed E-state index contributed by atoms with van der Waals surface area (Å²) in [5.41, 5.74) is 7.27. The topological polar surface area (TPSA) is 73.9 Å². The maximum absolute atomic E-state index is 13.3. The molecule has 2 unspecified atom stereocenters. The molecule has 0 radical (unpaired) electrons. The predicted molar refractivity (Wildman–Crippen MR) is 102 cm³/mol. The van der Waals surface area contributed by atoms with Crippen molar-refractivity contribution in [1.82, 2.24) is 0 Å². The monoisotopic (exact) mass is 388 g/mol. The first-order valence-corrected chi connectivity index (χ1v) is 8.83. The van der Waals surface area contributed by atoms with Crippen LogP contribution in [0, 0.1) is 12.8 Å². The van der Waals surface area contributed by atoms with Crippen LogP contribution in [-0.2, 0) is 21.7 Å². The van der Waals surface area contributed by atoms with Crippen LogP contribution in [0.2, 0.25) is 0 Å². The number of alkyl halides is 2. The van der Waals surface area contributed by atoms with Gasteiger partial charge in [-0.15, -0.1) is 0 Å². The standard InChI is InChI=1S/C21H22F2N2O3/c1-12-9-16(7-8-17(12)28-20(22)23)21(18(26)13(2)19(24)25-21)15-6-4-5-14(10-15)11-27-3/h4-10,13,20H,11H2,1-3H3,(H2,24,25). The summed E-state index contributed by atoms with van der Waals surface area (Å²) in [5, 5.41) is 0. The van der Waals surface area contributed by atoms with Gasteiger partial charge in [0.1, 0.15) is 11.6 Å². The summed E-state index contributed by atoms with van der Waals surface area (Å²) in [6.07, 6.45) is 0. The quantitative estimate of drug-likeness (QED) is 0.821. The summed E-state index contributed by atoms with van der Waals surface area (Å²) in [6, 6.07) is 12.0. The number of nitrogens with zero attached hydrogens (tertiary/aromatic N) is 1. The number of ether oxygens (including phenoxy) is 2. The summed E-state index contributed by atoms with van der Waals surface area (Å²) >= 11 is 0. The van der Waals surface area contributed by atoms with E-state index in [1.165, 1.54) is 6.07 Å². The molecule has 1 aliphatic rings. The number of carbonyl (C=O) groups is 1. The summed E-state index contributed by atoms with van der Waals surface area (Å²) in [7, 11) is 1.59. The minimum Gasteiger partial charge on any atom is -0.435 e. The zero-order chi connectivity index (χ0) is 20.5. The Kier molecular flexibility index (Phi) is 5.47. The molecule has 0 aliphatic carbocycles. The lowest BCUT2D eigenvalue weighted by Gasteiger charge is -2.27. The zero-order valence-corrected chi connectivity index (χ0v) is 15.9. The van der Waals surface area contributed by atoms with Crippen LogP contribution < -0.4 is 10.5 Å². The van der Waals surface area contributed by atoms with Crippen molar-refractivity contribution >= 4 is 11.6 Å². The van der Waals surface area contributed by atoms with E-state index >= 15 is 0 Å². The molecular weight excluding hydrogens is 366 g/mol. The minimum absolute atomic E-state index is 0.0532. The van der Waals surface area contributed by atoms with Crippen molar-refractivity contribution in [3.8, 4) is 5.75 Å². The van der Waals surface area contributed by atoms with E-state index in [1.807, 2.05) is 24.3 Å². The molecule has 3 rings (SSSR count). The van der Waals surface area contributed by atoms with Gasteiger partial charge < -0.3 is 15.2 Å². The fourth-order valence-electron chi connectivity index (χ4n) is 3.53. The van der Waals surface area contributed by atoms with Crippen molar-refractivity contribution in [3.05, 3.63) is 64.7 Å². The molecule has 2 aromatic rings. The van der Waals surface area contributed by atoms with E-state index in [9.17, 15) is 13.6 Å². The van der Waals surface area contributed by atoms with Gasteiger partial charge in [-0.3, -0.25) is 4.79 Å². The number of halogens is 2. The Balaban J connectivity index is 2.18. The Morgan fingerprint density at radius 2 is 1.93 bits per heavy atom. The molecule has 0 spiro atoms. The number of Topliss-reactive ketones (excluding diaryl/α,β-unsaturated/α-hetero) is 1. The van der Waals surface area contributed by atoms with Crippen LogP contribution >= 0.6 is 0 Å². The molecule has 28 heavy (non-hydrogen) atoms. The van der Waals surface area contributed by atoms with Gasteiger partial charge >= 0.3 is 6.61 Å². The summed E-state index contributed by atoms with van der Waals surface area (Å²) in [6.45, 7) is 0.813. The highest BCUT2D eigenvalue weighted by Crippen LogP contribution is 2.42. The van der Waals surface area contributed by atoms with E-state index in [0.717, 1.165) is 5.56 Å². The summed E-state index contributed by atoms with van der Waals surface area (Å²) in [4.78, 5) is 17.9. The van der Waals surface area contributed by atoms with Crippen molar-refractivity contribution < 1.29 is 23.0 Å². The number of benzene rings is 2. The molecule has 0 amide bonds. The summed E-state index contributed by atoms with van der Waals surface area (Å²) < 4.78 is 34.9. The van der Waals surface area contributed by atoms with Crippen LogP contribution in [0.25, 0.3) is 0 Å². The van der Waals surface area contributed by atoms with Crippen LogP contribution in [0.15, 0.2) is 47.5 Å². The van der Waals surface area contributed by atoms with Crippen LogP contribution in [0.5, 0.6) is 5.75 Å². The number of rotatable bonds is 6. The van der Waals surface area contributed by atoms with E-state index in [4.69, 9.17) is 10.5 Å². The largest absolute Gasteiger partial charge is 0.435 e. The molecule has 5 nitrogen and oxygen atoms in total. The molecule has 2 atom stereocenters. The predicted octanol–water partition coefficient (Wildman–Crippen LogP) is 3.56. The minimum atomic E-state index is -2.92. The van der Waals surface area contributed by atoms with E-state index in [-0.39, 0.29) is 17.4 Å². The molecule has 0 bridgehead atoms. The number of nitrogens with two attached hydrogens (primary N) is 1. The van der Waals surface area contributed by atoms with Gasteiger partial charge in [-0.05, 0) is 48.2 Å². The van der Waals surface area contributed by atoms with E-state index < -0.39 is 18.1 Å². The normalized spacial score (nSPS) is 21.9. The third-order valence-electron chi connectivity index (χ3n) is 4.95. The number of aryl methyl sites for hydroxylation is 1. The van der Waals surface area contributed by atoms with Gasteiger partial charge in [0.05, 0.1) is 12.5 Å². The smallest absolute Gasteiger partial charge is 0.387 e. The Bertz CT molecular complexity index is 930. The highest BCUT2D eigenvalue weighted by Gasteiger charge is 2.50. The van der Waals surface area contributed by atoms with Gasteiger partial charge in [-0.25, -0.2) is 4.99 Å². The molecular formula is C21H22F2N2O3. The Hall–Kier alpha value is -2.80. The average molecular weight is 388 g/mol. The van der Waals surface area contributed by atoms with Crippen molar-refractivity contribution in [2.75, 3.05) is 7.11 Å². The molecule has 0 saturated heterocycles. The van der Waals surface area contributed by atoms with Gasteiger partial charge in [-0.2, -0.15) is 8.78 Å². The zero-order valence-electron chi connectivity index (χ0n) is 15.9. The second kappa shape index (κ2) is 7.67. The first-order chi connectivity index (χ1) is 13.3. The maximum atomic E-state index is 13.3. The molecule has 2 aromatic carbocycles. The van der Waals surface area contributed by atoms with Gasteiger partial charge in [0.25, 0.3) is 0 Å². The van der Waals surface area contributed by atoms with Crippen molar-refractivity contribution in [2.45, 2.75) is 32.6 Å². The average Bonchev–Trinajstić information content (AvgIpc) is 2.88. The van der Waals surface area contributed by atoms with Crippen LogP contribution in [0.3, 0.4) is 0 Å². The number of ketones is 1. The van der Waals surface area contributed by atoms with Crippen molar-refractivity contribution in [2.24, 2.45) is 16.6 Å². The number of aliphatic imine (C=N–C) groups is 1. The number of hydrogen-bond donors (Lipinski definition) is 1. The van der Waals surface area contributed by atoms with Crippen LogP contribution in [-0.4, -0.2) is 25.3 Å².